The van der Waals surface area contributed by atoms with Crippen LogP contribution in [0.3, 0.4) is 0 Å². The molecule has 35 heavy (non-hydrogen) atoms. The number of carbonyl (C=O) groups is 1. The standard InChI is InChI=1S/C28H34N2O4S/c1-19-11-13-24(14-12-19)17-30(35(32,33)28-21(3)15-20(2)16-22(28)4)18-27(31)29-23(5)25-9-7-8-10-26(25)34-6/h7-16,23H,17-18H2,1-6H3,(H,29,31). The summed E-state index contributed by atoms with van der Waals surface area (Å²) < 4.78 is 34.4. The van der Waals surface area contributed by atoms with Gasteiger partial charge in [-0.15, -0.1) is 0 Å². The molecule has 1 amide bonds. The van der Waals surface area contributed by atoms with E-state index in [1.807, 2.05) is 81.4 Å². The zero-order valence-electron chi connectivity index (χ0n) is 21.3. The Labute approximate surface area is 209 Å². The molecule has 0 aliphatic rings. The second-order valence-corrected chi connectivity index (χ2v) is 10.9. The third-order valence-corrected chi connectivity index (χ3v) is 8.08. The number of aryl methyl sites for hydroxylation is 4. The van der Waals surface area contributed by atoms with E-state index in [0.29, 0.717) is 16.9 Å². The van der Waals surface area contributed by atoms with E-state index in [1.54, 1.807) is 21.0 Å². The number of hydrogen-bond donors (Lipinski definition) is 1. The van der Waals surface area contributed by atoms with Crippen molar-refractivity contribution in [2.24, 2.45) is 0 Å². The monoisotopic (exact) mass is 494 g/mol. The van der Waals surface area contributed by atoms with E-state index in [4.69, 9.17) is 4.74 Å². The van der Waals surface area contributed by atoms with Crippen molar-refractivity contribution >= 4 is 15.9 Å². The van der Waals surface area contributed by atoms with Crippen LogP contribution in [0.4, 0.5) is 0 Å². The molecule has 3 rings (SSSR count). The van der Waals surface area contributed by atoms with Crippen LogP contribution in [-0.4, -0.2) is 32.3 Å². The lowest BCUT2D eigenvalue weighted by Crippen LogP contribution is -2.41. The van der Waals surface area contributed by atoms with Crippen LogP contribution in [0.2, 0.25) is 0 Å². The Kier molecular flexibility index (Phi) is 8.35. The minimum atomic E-state index is -3.95. The van der Waals surface area contributed by atoms with Crippen LogP contribution >= 0.6 is 0 Å². The van der Waals surface area contributed by atoms with Gasteiger partial charge in [0.15, 0.2) is 0 Å². The molecule has 0 saturated heterocycles. The summed E-state index contributed by atoms with van der Waals surface area (Å²) in [5, 5.41) is 2.93. The van der Waals surface area contributed by atoms with Crippen LogP contribution in [0, 0.1) is 27.7 Å². The maximum Gasteiger partial charge on any atom is 0.244 e. The number of hydrogen-bond acceptors (Lipinski definition) is 4. The van der Waals surface area contributed by atoms with Crippen LogP contribution in [0.15, 0.2) is 65.6 Å². The number of nitrogens with one attached hydrogen (secondary N) is 1. The Bertz CT molecular complexity index is 1280. The third kappa shape index (κ3) is 6.29. The van der Waals surface area contributed by atoms with Crippen LogP contribution in [-0.2, 0) is 21.4 Å². The van der Waals surface area contributed by atoms with Gasteiger partial charge in [-0.05, 0) is 57.4 Å². The Morgan fingerprint density at radius 1 is 0.943 bits per heavy atom. The summed E-state index contributed by atoms with van der Waals surface area (Å²) in [6.45, 7) is 9.13. The summed E-state index contributed by atoms with van der Waals surface area (Å²) >= 11 is 0. The predicted octanol–water partition coefficient (Wildman–Crippen LogP) is 5.00. The highest BCUT2D eigenvalue weighted by Crippen LogP contribution is 2.27. The topological polar surface area (TPSA) is 75.7 Å². The van der Waals surface area contributed by atoms with E-state index in [1.165, 1.54) is 4.31 Å². The molecule has 0 aliphatic carbocycles. The molecular weight excluding hydrogens is 460 g/mol. The molecule has 0 fully saturated rings. The number of para-hydroxylation sites is 1. The predicted molar refractivity (Wildman–Crippen MR) is 139 cm³/mol. The van der Waals surface area contributed by atoms with E-state index in [2.05, 4.69) is 5.32 Å². The van der Waals surface area contributed by atoms with E-state index < -0.39 is 10.0 Å². The van der Waals surface area contributed by atoms with Gasteiger partial charge < -0.3 is 10.1 Å². The van der Waals surface area contributed by atoms with Gasteiger partial charge >= 0.3 is 0 Å². The first kappa shape index (κ1) is 26.4. The molecule has 1 unspecified atom stereocenters. The van der Waals surface area contributed by atoms with Gasteiger partial charge in [0.05, 0.1) is 24.6 Å². The van der Waals surface area contributed by atoms with Crippen molar-refractivity contribution in [3.63, 3.8) is 0 Å². The summed E-state index contributed by atoms with van der Waals surface area (Å²) in [7, 11) is -2.37. The molecule has 3 aromatic rings. The fourth-order valence-electron chi connectivity index (χ4n) is 4.37. The van der Waals surface area contributed by atoms with E-state index >= 15 is 0 Å². The largest absolute Gasteiger partial charge is 0.496 e. The number of benzene rings is 3. The maximum absolute atomic E-state index is 13.9. The van der Waals surface area contributed by atoms with Gasteiger partial charge in [0, 0.05) is 12.1 Å². The highest BCUT2D eigenvalue weighted by molar-refractivity contribution is 7.89. The lowest BCUT2D eigenvalue weighted by atomic mass is 10.1. The second kappa shape index (κ2) is 11.1. The van der Waals surface area contributed by atoms with E-state index in [9.17, 15) is 13.2 Å². The maximum atomic E-state index is 13.9. The Morgan fingerprint density at radius 2 is 1.54 bits per heavy atom. The van der Waals surface area contributed by atoms with Crippen molar-refractivity contribution < 1.29 is 17.9 Å². The van der Waals surface area contributed by atoms with Gasteiger partial charge in [-0.3, -0.25) is 4.79 Å². The fourth-order valence-corrected chi connectivity index (χ4v) is 6.17. The first-order valence-corrected chi connectivity index (χ1v) is 13.0. The molecular formula is C28H34N2O4S. The third-order valence-electron chi connectivity index (χ3n) is 5.98. The average Bonchev–Trinajstić information content (AvgIpc) is 2.79. The summed E-state index contributed by atoms with van der Waals surface area (Å²) in [5.41, 5.74) is 5.04. The Hall–Kier alpha value is -3.16. The lowest BCUT2D eigenvalue weighted by Gasteiger charge is -2.25. The fraction of sp³-hybridized carbons (Fsp3) is 0.321. The molecule has 3 aromatic carbocycles. The molecule has 0 spiro atoms. The summed E-state index contributed by atoms with van der Waals surface area (Å²) in [6, 6.07) is 18.4. The Balaban J connectivity index is 1.93. The molecule has 0 saturated carbocycles. The summed E-state index contributed by atoms with van der Waals surface area (Å²) in [5.74, 6) is 0.275. The van der Waals surface area contributed by atoms with Crippen molar-refractivity contribution in [2.45, 2.75) is 52.1 Å². The molecule has 0 heterocycles. The normalized spacial score (nSPS) is 12.4. The molecule has 6 nitrogen and oxygen atoms in total. The minimum Gasteiger partial charge on any atom is -0.496 e. The number of nitrogens with zero attached hydrogens (tertiary/aromatic N) is 1. The van der Waals surface area contributed by atoms with Crippen molar-refractivity contribution in [1.29, 1.82) is 0 Å². The highest BCUT2D eigenvalue weighted by atomic mass is 32.2. The van der Waals surface area contributed by atoms with Crippen molar-refractivity contribution in [2.75, 3.05) is 13.7 Å². The van der Waals surface area contributed by atoms with Gasteiger partial charge in [0.1, 0.15) is 5.75 Å². The average molecular weight is 495 g/mol. The van der Waals surface area contributed by atoms with E-state index in [0.717, 1.165) is 22.3 Å². The smallest absolute Gasteiger partial charge is 0.244 e. The van der Waals surface area contributed by atoms with Crippen molar-refractivity contribution in [3.8, 4) is 5.75 Å². The Morgan fingerprint density at radius 3 is 2.14 bits per heavy atom. The molecule has 186 valence electrons. The number of amides is 1. The van der Waals surface area contributed by atoms with Crippen LogP contribution < -0.4 is 10.1 Å². The van der Waals surface area contributed by atoms with Crippen molar-refractivity contribution in [3.05, 3.63) is 94.0 Å². The first-order chi connectivity index (χ1) is 16.5. The van der Waals surface area contributed by atoms with Gasteiger partial charge in [0.2, 0.25) is 15.9 Å². The number of methoxy groups -OCH3 is 1. The highest BCUT2D eigenvalue weighted by Gasteiger charge is 2.30. The van der Waals surface area contributed by atoms with Crippen LogP contribution in [0.25, 0.3) is 0 Å². The first-order valence-electron chi connectivity index (χ1n) is 11.6. The molecule has 0 radical (unpaired) electrons. The summed E-state index contributed by atoms with van der Waals surface area (Å²) in [4.78, 5) is 13.4. The lowest BCUT2D eigenvalue weighted by molar-refractivity contribution is -0.122. The zero-order valence-corrected chi connectivity index (χ0v) is 22.1. The van der Waals surface area contributed by atoms with Gasteiger partial charge in [-0.25, -0.2) is 8.42 Å². The van der Waals surface area contributed by atoms with Crippen LogP contribution in [0.5, 0.6) is 5.75 Å². The minimum absolute atomic E-state index is 0.0891. The number of rotatable bonds is 9. The van der Waals surface area contributed by atoms with Gasteiger partial charge in [0.25, 0.3) is 0 Å². The zero-order chi connectivity index (χ0) is 25.8. The molecule has 7 heteroatoms. The van der Waals surface area contributed by atoms with Gasteiger partial charge in [-0.1, -0.05) is 65.7 Å². The SMILES string of the molecule is COc1ccccc1C(C)NC(=O)CN(Cc1ccc(C)cc1)S(=O)(=O)c1c(C)cc(C)cc1C. The molecule has 0 bridgehead atoms. The number of sulfonamides is 1. The molecule has 1 atom stereocenters. The van der Waals surface area contributed by atoms with Crippen molar-refractivity contribution in [1.82, 2.24) is 9.62 Å². The number of ether oxygens (including phenoxy) is 1. The molecule has 0 aliphatic heterocycles. The molecule has 0 aromatic heterocycles. The van der Waals surface area contributed by atoms with Gasteiger partial charge in [-0.2, -0.15) is 4.31 Å². The van der Waals surface area contributed by atoms with Crippen LogP contribution in [0.1, 0.15) is 46.3 Å². The van der Waals surface area contributed by atoms with E-state index in [-0.39, 0.29) is 29.9 Å². The quantitative estimate of drug-likeness (QED) is 0.454. The molecule has 1 N–H and O–H groups in total. The second-order valence-electron chi connectivity index (χ2n) is 9.02. The summed E-state index contributed by atoms with van der Waals surface area (Å²) in [6.07, 6.45) is 0. The number of carbonyl (C=O) groups excluding carboxylic acids is 1.